The lowest BCUT2D eigenvalue weighted by atomic mass is 9.78. The molecule has 0 aromatic heterocycles. The molecule has 6 heteroatoms. The number of benzene rings is 1. The molecule has 2 N–H and O–H groups in total. The summed E-state index contributed by atoms with van der Waals surface area (Å²) in [6, 6.07) is 7.04. The second kappa shape index (κ2) is 5.20. The Labute approximate surface area is 119 Å². The summed E-state index contributed by atoms with van der Waals surface area (Å²) in [5.41, 5.74) is 5.97. The molecule has 0 amide bonds. The quantitative estimate of drug-likeness (QED) is 0.651. The zero-order valence-corrected chi connectivity index (χ0v) is 12.3. The Hall–Kier alpha value is -1.37. The second-order valence-corrected chi connectivity index (χ2v) is 5.63. The van der Waals surface area contributed by atoms with Gasteiger partial charge in [-0.3, -0.25) is 0 Å². The first-order valence-electron chi connectivity index (χ1n) is 6.57. The minimum atomic E-state index is -0.570. The summed E-state index contributed by atoms with van der Waals surface area (Å²) < 4.78 is 16.6. The molecule has 0 aliphatic carbocycles. The number of methoxy groups -OCH3 is 1. The van der Waals surface area contributed by atoms with Crippen LogP contribution in [-0.4, -0.2) is 37.9 Å². The van der Waals surface area contributed by atoms with Crippen molar-refractivity contribution in [3.05, 3.63) is 29.8 Å². The average Bonchev–Trinajstić information content (AvgIpc) is 2.69. The fourth-order valence-corrected chi connectivity index (χ4v) is 2.15. The van der Waals surface area contributed by atoms with Crippen LogP contribution < -0.4 is 11.2 Å². The van der Waals surface area contributed by atoms with E-state index < -0.39 is 18.3 Å². The normalized spacial score (nSPS) is 24.8. The molecule has 1 aromatic carbocycles. The van der Waals surface area contributed by atoms with Gasteiger partial charge in [-0.05, 0) is 38.4 Å². The molecule has 0 saturated carbocycles. The first-order chi connectivity index (χ1) is 9.33. The van der Waals surface area contributed by atoms with Crippen molar-refractivity contribution in [3.63, 3.8) is 0 Å². The molecule has 20 heavy (non-hydrogen) atoms. The van der Waals surface area contributed by atoms with Crippen molar-refractivity contribution in [2.45, 2.75) is 32.0 Å². The van der Waals surface area contributed by atoms with Crippen molar-refractivity contribution in [1.82, 2.24) is 0 Å². The molecule has 1 aliphatic rings. The Kier molecular flexibility index (Phi) is 3.91. The number of hydrogen-bond donors (Lipinski definition) is 1. The molecule has 108 valence electrons. The van der Waals surface area contributed by atoms with Crippen LogP contribution in [0.2, 0.25) is 0 Å². The molecule has 1 unspecified atom stereocenters. The Balaban J connectivity index is 2.28. The maximum atomic E-state index is 11.6. The van der Waals surface area contributed by atoms with Gasteiger partial charge in [-0.25, -0.2) is 4.79 Å². The number of esters is 1. The van der Waals surface area contributed by atoms with Crippen LogP contribution in [0, 0.1) is 0 Å². The van der Waals surface area contributed by atoms with Gasteiger partial charge < -0.3 is 19.8 Å². The third-order valence-electron chi connectivity index (χ3n) is 4.01. The van der Waals surface area contributed by atoms with Crippen molar-refractivity contribution in [2.75, 3.05) is 13.7 Å². The molecule has 1 heterocycles. The molecular weight excluding hydrogens is 257 g/mol. The molecule has 1 saturated heterocycles. The third-order valence-corrected chi connectivity index (χ3v) is 4.01. The summed E-state index contributed by atoms with van der Waals surface area (Å²) in [6.07, 6.45) is 0. The highest BCUT2D eigenvalue weighted by Crippen LogP contribution is 2.36. The number of hydrogen-bond acceptors (Lipinski definition) is 5. The molecule has 0 bridgehead atoms. The van der Waals surface area contributed by atoms with Gasteiger partial charge in [-0.15, -0.1) is 0 Å². The monoisotopic (exact) mass is 277 g/mol. The largest absolute Gasteiger partial charge is 0.494 e. The molecular formula is C14H20BNO4. The molecule has 1 aromatic rings. The van der Waals surface area contributed by atoms with E-state index in [9.17, 15) is 4.79 Å². The first kappa shape index (κ1) is 15.0. The maximum absolute atomic E-state index is 11.6. The first-order valence-corrected chi connectivity index (χ1v) is 6.57. The molecule has 0 radical (unpaired) electrons. The highest BCUT2D eigenvalue weighted by Gasteiger charge is 2.53. The van der Waals surface area contributed by atoms with Crippen molar-refractivity contribution < 1.29 is 18.8 Å². The maximum Gasteiger partial charge on any atom is 0.494 e. The summed E-state index contributed by atoms with van der Waals surface area (Å²) in [4.78, 5) is 11.6. The fraction of sp³-hybridized carbons (Fsp3) is 0.500. The summed E-state index contributed by atoms with van der Waals surface area (Å²) in [6.45, 7) is 6.18. The van der Waals surface area contributed by atoms with Gasteiger partial charge in [0.25, 0.3) is 0 Å². The zero-order chi connectivity index (χ0) is 15.0. The minimum absolute atomic E-state index is 0.354. The molecule has 0 spiro atoms. The van der Waals surface area contributed by atoms with Crippen molar-refractivity contribution in [2.24, 2.45) is 5.73 Å². The number of carbonyl (C=O) groups excluding carboxylic acids is 1. The van der Waals surface area contributed by atoms with E-state index in [4.69, 9.17) is 19.8 Å². The van der Waals surface area contributed by atoms with Crippen LogP contribution in [0.1, 0.15) is 31.1 Å². The van der Waals surface area contributed by atoms with Gasteiger partial charge in [-0.1, -0.05) is 12.1 Å². The number of ether oxygens (including phenoxy) is 1. The summed E-state index contributed by atoms with van der Waals surface area (Å²) >= 11 is 0. The van der Waals surface area contributed by atoms with E-state index in [1.165, 1.54) is 7.11 Å². The van der Waals surface area contributed by atoms with Gasteiger partial charge in [0.05, 0.1) is 23.9 Å². The van der Waals surface area contributed by atoms with Crippen LogP contribution >= 0.6 is 0 Å². The second-order valence-electron chi connectivity index (χ2n) is 5.63. The predicted molar refractivity (Wildman–Crippen MR) is 76.9 cm³/mol. The van der Waals surface area contributed by atoms with Crippen LogP contribution in [0.15, 0.2) is 24.3 Å². The number of carbonyl (C=O) groups is 1. The van der Waals surface area contributed by atoms with Crippen LogP contribution in [0.4, 0.5) is 0 Å². The van der Waals surface area contributed by atoms with Crippen LogP contribution in [0.3, 0.4) is 0 Å². The van der Waals surface area contributed by atoms with Crippen molar-refractivity contribution in [1.29, 1.82) is 0 Å². The van der Waals surface area contributed by atoms with Gasteiger partial charge >= 0.3 is 13.1 Å². The standard InChI is InChI=1S/C14H20BNO4/c1-13(2)14(3,9-16)20-15(19-13)11-7-5-6-10(8-11)12(17)18-4/h5-8H,9,16H2,1-4H3. The Morgan fingerprint density at radius 3 is 2.60 bits per heavy atom. The van der Waals surface area contributed by atoms with Gasteiger partial charge in [0, 0.05) is 6.54 Å². The van der Waals surface area contributed by atoms with Crippen LogP contribution in [0.25, 0.3) is 0 Å². The average molecular weight is 277 g/mol. The topological polar surface area (TPSA) is 70.8 Å². The van der Waals surface area contributed by atoms with Crippen molar-refractivity contribution in [3.8, 4) is 0 Å². The van der Waals surface area contributed by atoms with E-state index in [1.807, 2.05) is 26.8 Å². The fourth-order valence-electron chi connectivity index (χ4n) is 2.15. The van der Waals surface area contributed by atoms with E-state index in [-0.39, 0.29) is 5.97 Å². The number of rotatable bonds is 3. The predicted octanol–water partition coefficient (Wildman–Crippen LogP) is 0.711. The Morgan fingerprint density at radius 2 is 2.05 bits per heavy atom. The van der Waals surface area contributed by atoms with Gasteiger partial charge in [0.15, 0.2) is 0 Å². The van der Waals surface area contributed by atoms with E-state index in [0.717, 1.165) is 5.46 Å². The lowest BCUT2D eigenvalue weighted by molar-refractivity contribution is -0.00187. The van der Waals surface area contributed by atoms with Crippen LogP contribution in [-0.2, 0) is 14.0 Å². The highest BCUT2D eigenvalue weighted by molar-refractivity contribution is 6.62. The lowest BCUT2D eigenvalue weighted by Crippen LogP contribution is -2.50. The highest BCUT2D eigenvalue weighted by atomic mass is 16.7. The lowest BCUT2D eigenvalue weighted by Gasteiger charge is -2.35. The molecule has 2 rings (SSSR count). The SMILES string of the molecule is COC(=O)c1cccc(B2OC(C)(C)C(C)(CN)O2)c1. The van der Waals surface area contributed by atoms with Gasteiger partial charge in [0.1, 0.15) is 0 Å². The van der Waals surface area contributed by atoms with Gasteiger partial charge in [0.2, 0.25) is 0 Å². The van der Waals surface area contributed by atoms with Crippen LogP contribution in [0.5, 0.6) is 0 Å². The molecule has 1 fully saturated rings. The van der Waals surface area contributed by atoms with E-state index in [2.05, 4.69) is 0 Å². The smallest absolute Gasteiger partial charge is 0.465 e. The minimum Gasteiger partial charge on any atom is -0.465 e. The van der Waals surface area contributed by atoms with Crippen molar-refractivity contribution >= 4 is 18.6 Å². The Morgan fingerprint density at radius 1 is 1.35 bits per heavy atom. The van der Waals surface area contributed by atoms with Gasteiger partial charge in [-0.2, -0.15) is 0 Å². The molecule has 1 atom stereocenters. The third kappa shape index (κ3) is 2.46. The van der Waals surface area contributed by atoms with E-state index >= 15 is 0 Å². The van der Waals surface area contributed by atoms with E-state index in [1.54, 1.807) is 18.2 Å². The summed E-state index contributed by atoms with van der Waals surface area (Å²) in [7, 11) is 0.815. The summed E-state index contributed by atoms with van der Waals surface area (Å²) in [5, 5.41) is 0. The summed E-state index contributed by atoms with van der Waals surface area (Å²) in [5.74, 6) is -0.384. The Bertz CT molecular complexity index is 520. The van der Waals surface area contributed by atoms with E-state index in [0.29, 0.717) is 12.1 Å². The molecule has 5 nitrogen and oxygen atoms in total. The number of nitrogens with two attached hydrogens (primary N) is 1. The zero-order valence-electron chi connectivity index (χ0n) is 12.3. The molecule has 1 aliphatic heterocycles.